The summed E-state index contributed by atoms with van der Waals surface area (Å²) >= 11 is 5.50. The molecule has 1 aromatic carbocycles. The highest BCUT2D eigenvalue weighted by molar-refractivity contribution is 6.13. The zero-order chi connectivity index (χ0) is 45.2. The summed E-state index contributed by atoms with van der Waals surface area (Å²) in [7, 11) is 0. The Morgan fingerprint density at radius 2 is 0.891 bits per heavy atom. The maximum atomic E-state index is 12.5. The van der Waals surface area contributed by atoms with Gasteiger partial charge in [-0.15, -0.1) is 0 Å². The standard InChI is InChI=1S/C50H89ClN10O3/c1-2-27-58-28-14-41(15-29-58)6-3-7-42-16-30-59(31-17-42)36-22-47(62)53-25-5-26-54-48(63)23-37-60-32-18-43(19-33-60)8-4-9-44-20-34-61(35-21-44)38-24-49(64)55-39-45-10-12-46(13-11-45)40-56-50(52)57-51/h10-13,41-44,50,56-57H,2-9,14-40,52H2,1H3,(H,53,62)(H,54,63)(H,55,64). The molecule has 1 unspecified atom stereocenters. The van der Waals surface area contributed by atoms with Gasteiger partial charge in [0.15, 0.2) is 0 Å². The lowest BCUT2D eigenvalue weighted by Crippen LogP contribution is -2.44. The molecule has 1 aromatic rings. The Balaban J connectivity index is 0.772. The van der Waals surface area contributed by atoms with Crippen LogP contribution in [-0.4, -0.2) is 135 Å². The average Bonchev–Trinajstić information content (AvgIpc) is 3.32. The molecule has 13 nitrogen and oxygen atoms in total. The Kier molecular flexibility index (Phi) is 25.3. The molecule has 0 spiro atoms. The Hall–Kier alpha value is -2.36. The van der Waals surface area contributed by atoms with Gasteiger partial charge in [0, 0.05) is 65.1 Å². The van der Waals surface area contributed by atoms with Crippen LogP contribution in [-0.2, 0) is 27.5 Å². The highest BCUT2D eigenvalue weighted by Crippen LogP contribution is 2.29. The molecule has 364 valence electrons. The van der Waals surface area contributed by atoms with Gasteiger partial charge in [-0.3, -0.25) is 19.7 Å². The molecule has 0 aromatic heterocycles. The topological polar surface area (TPSA) is 150 Å². The van der Waals surface area contributed by atoms with Gasteiger partial charge in [-0.2, -0.15) is 0 Å². The SMILES string of the molecule is CCCN1CCC(CCCC2CCN(CCC(=O)NCCCNC(=O)CCN3CCC(CCCC4CCN(CCC(=O)NCc5ccc(CNC(N)NCl)cc5)CC4)CC3)CC2)CC1. The fraction of sp³-hybridized carbons (Fsp3) is 0.820. The van der Waals surface area contributed by atoms with Gasteiger partial charge < -0.3 is 41.3 Å². The molecule has 3 amide bonds. The Morgan fingerprint density at radius 1 is 0.547 bits per heavy atom. The van der Waals surface area contributed by atoms with Gasteiger partial charge in [0.05, 0.1) is 0 Å². The number of carbonyl (C=O) groups excluding carboxylic acids is 3. The van der Waals surface area contributed by atoms with Crippen molar-refractivity contribution in [2.75, 3.05) is 91.6 Å². The van der Waals surface area contributed by atoms with Crippen LogP contribution in [0.5, 0.6) is 0 Å². The van der Waals surface area contributed by atoms with E-state index in [0.717, 1.165) is 100 Å². The smallest absolute Gasteiger partial charge is 0.221 e. The Morgan fingerprint density at radius 3 is 1.25 bits per heavy atom. The van der Waals surface area contributed by atoms with E-state index >= 15 is 0 Å². The van der Waals surface area contributed by atoms with E-state index in [1.54, 1.807) is 0 Å². The summed E-state index contributed by atoms with van der Waals surface area (Å²) in [6.45, 7) is 17.7. The molecular weight excluding hydrogens is 824 g/mol. The van der Waals surface area contributed by atoms with Crippen LogP contribution >= 0.6 is 11.8 Å². The molecule has 4 saturated heterocycles. The molecule has 0 aliphatic carbocycles. The zero-order valence-corrected chi connectivity index (χ0v) is 40.7. The van der Waals surface area contributed by atoms with E-state index in [9.17, 15) is 14.4 Å². The fourth-order valence-electron chi connectivity index (χ4n) is 10.5. The van der Waals surface area contributed by atoms with Crippen LogP contribution in [0.25, 0.3) is 0 Å². The molecule has 4 heterocycles. The minimum absolute atomic E-state index is 0.106. The number of halogens is 1. The number of carbonyl (C=O) groups is 3. The molecule has 5 rings (SSSR count). The van der Waals surface area contributed by atoms with Crippen LogP contribution in [0.3, 0.4) is 0 Å². The number of amides is 3. The minimum atomic E-state index is -0.463. The highest BCUT2D eigenvalue weighted by atomic mass is 35.5. The number of hydrogen-bond acceptors (Lipinski definition) is 10. The van der Waals surface area contributed by atoms with E-state index in [2.05, 4.69) is 52.6 Å². The summed E-state index contributed by atoms with van der Waals surface area (Å²) in [5.74, 6) is 3.79. The third-order valence-electron chi connectivity index (χ3n) is 14.9. The first-order valence-electron chi connectivity index (χ1n) is 25.9. The predicted molar refractivity (Wildman–Crippen MR) is 261 cm³/mol. The number of likely N-dealkylation sites (tertiary alicyclic amines) is 4. The lowest BCUT2D eigenvalue weighted by atomic mass is 9.87. The summed E-state index contributed by atoms with van der Waals surface area (Å²) in [4.78, 5) is 50.1. The van der Waals surface area contributed by atoms with E-state index in [-0.39, 0.29) is 17.7 Å². The normalized spacial score (nSPS) is 20.0. The largest absolute Gasteiger partial charge is 0.356 e. The summed E-state index contributed by atoms with van der Waals surface area (Å²) in [5.41, 5.74) is 7.89. The van der Waals surface area contributed by atoms with E-state index in [1.807, 2.05) is 24.3 Å². The third-order valence-corrected chi connectivity index (χ3v) is 15.2. The van der Waals surface area contributed by atoms with Crippen molar-refractivity contribution in [3.63, 3.8) is 0 Å². The predicted octanol–water partition coefficient (Wildman–Crippen LogP) is 5.77. The first-order chi connectivity index (χ1) is 31.2. The van der Waals surface area contributed by atoms with Gasteiger partial charge in [-0.05, 0) is 170 Å². The van der Waals surface area contributed by atoms with Gasteiger partial charge in [-0.25, -0.2) is 4.84 Å². The van der Waals surface area contributed by atoms with Gasteiger partial charge in [0.1, 0.15) is 6.29 Å². The van der Waals surface area contributed by atoms with Crippen LogP contribution in [0.15, 0.2) is 24.3 Å². The molecule has 0 saturated carbocycles. The number of nitrogens with zero attached hydrogens (tertiary/aromatic N) is 4. The minimum Gasteiger partial charge on any atom is -0.356 e. The second-order valence-corrected chi connectivity index (χ2v) is 20.1. The highest BCUT2D eigenvalue weighted by Gasteiger charge is 2.24. The summed E-state index contributed by atoms with van der Waals surface area (Å²) in [6, 6.07) is 8.13. The van der Waals surface area contributed by atoms with Crippen molar-refractivity contribution in [2.45, 2.75) is 148 Å². The lowest BCUT2D eigenvalue weighted by Gasteiger charge is -2.33. The second kappa shape index (κ2) is 30.8. The van der Waals surface area contributed by atoms with Gasteiger partial charge in [-0.1, -0.05) is 69.7 Å². The molecule has 4 aliphatic rings. The number of nitrogens with two attached hydrogens (primary N) is 1. The van der Waals surface area contributed by atoms with Crippen LogP contribution in [0.4, 0.5) is 0 Å². The number of hydrogen-bond donors (Lipinski definition) is 6. The third kappa shape index (κ3) is 21.5. The molecule has 4 aliphatic heterocycles. The summed E-state index contributed by atoms with van der Waals surface area (Å²) in [6.07, 6.45) is 21.7. The van der Waals surface area contributed by atoms with E-state index in [4.69, 9.17) is 17.5 Å². The molecule has 7 N–H and O–H groups in total. The monoisotopic (exact) mass is 913 g/mol. The van der Waals surface area contributed by atoms with Crippen molar-refractivity contribution < 1.29 is 14.4 Å². The number of nitrogens with one attached hydrogen (secondary N) is 5. The average molecular weight is 914 g/mol. The quantitative estimate of drug-likeness (QED) is 0.0333. The molecular formula is C50H89ClN10O3. The zero-order valence-electron chi connectivity index (χ0n) is 39.9. The van der Waals surface area contributed by atoms with Crippen molar-refractivity contribution in [3.8, 4) is 0 Å². The molecule has 1 atom stereocenters. The molecule has 0 bridgehead atoms. The van der Waals surface area contributed by atoms with Crippen LogP contribution in [0.2, 0.25) is 0 Å². The number of rotatable bonds is 29. The van der Waals surface area contributed by atoms with Gasteiger partial charge >= 0.3 is 0 Å². The molecule has 14 heteroatoms. The van der Waals surface area contributed by atoms with Crippen molar-refractivity contribution in [1.29, 1.82) is 0 Å². The van der Waals surface area contributed by atoms with Crippen molar-refractivity contribution in [2.24, 2.45) is 29.4 Å². The summed E-state index contributed by atoms with van der Waals surface area (Å²) < 4.78 is 0. The van der Waals surface area contributed by atoms with E-state index in [1.165, 1.54) is 116 Å². The number of piperidine rings is 4. The first kappa shape index (κ1) is 52.6. The van der Waals surface area contributed by atoms with Gasteiger partial charge in [0.25, 0.3) is 0 Å². The van der Waals surface area contributed by atoms with E-state index in [0.29, 0.717) is 45.4 Å². The van der Waals surface area contributed by atoms with Crippen molar-refractivity contribution in [1.82, 2.24) is 45.7 Å². The van der Waals surface area contributed by atoms with Crippen LogP contribution in [0.1, 0.15) is 140 Å². The molecule has 0 radical (unpaired) electrons. The molecule has 4 fully saturated rings. The maximum absolute atomic E-state index is 12.5. The Labute approximate surface area is 392 Å². The maximum Gasteiger partial charge on any atom is 0.221 e. The van der Waals surface area contributed by atoms with Crippen LogP contribution in [0, 0.1) is 23.7 Å². The fourth-order valence-corrected chi connectivity index (χ4v) is 10.6. The van der Waals surface area contributed by atoms with Crippen molar-refractivity contribution >= 4 is 29.5 Å². The van der Waals surface area contributed by atoms with Crippen molar-refractivity contribution in [3.05, 3.63) is 35.4 Å². The summed E-state index contributed by atoms with van der Waals surface area (Å²) in [5, 5.41) is 12.3. The second-order valence-electron chi connectivity index (χ2n) is 19.9. The van der Waals surface area contributed by atoms with E-state index < -0.39 is 6.29 Å². The van der Waals surface area contributed by atoms with Crippen LogP contribution < -0.4 is 31.8 Å². The molecule has 64 heavy (non-hydrogen) atoms. The Bertz CT molecular complexity index is 1430. The number of benzene rings is 1. The first-order valence-corrected chi connectivity index (χ1v) is 26.2. The van der Waals surface area contributed by atoms with Gasteiger partial charge in [0.2, 0.25) is 17.7 Å². The lowest BCUT2D eigenvalue weighted by molar-refractivity contribution is -0.122.